The van der Waals surface area contributed by atoms with Gasteiger partial charge in [0.05, 0.1) is 17.3 Å². The van der Waals surface area contributed by atoms with Crippen molar-refractivity contribution in [2.24, 2.45) is 0 Å². The van der Waals surface area contributed by atoms with Gasteiger partial charge in [-0.2, -0.15) is 5.10 Å². The quantitative estimate of drug-likeness (QED) is 0.605. The summed E-state index contributed by atoms with van der Waals surface area (Å²) in [5.74, 6) is -0.132. The van der Waals surface area contributed by atoms with E-state index in [4.69, 9.17) is 0 Å². The first-order valence-corrected chi connectivity index (χ1v) is 8.89. The van der Waals surface area contributed by atoms with E-state index in [2.05, 4.69) is 15.4 Å². The molecule has 0 aliphatic rings. The Balaban J connectivity index is 1.59. The summed E-state index contributed by atoms with van der Waals surface area (Å²) in [5, 5.41) is 7.34. The first-order chi connectivity index (χ1) is 13.0. The zero-order valence-corrected chi connectivity index (χ0v) is 15.5. The number of amides is 1. The number of aryl methyl sites for hydroxylation is 2. The lowest BCUT2D eigenvalue weighted by Gasteiger charge is -2.15. The van der Waals surface area contributed by atoms with E-state index in [1.165, 1.54) is 0 Å². The molecule has 1 N–H and O–H groups in total. The summed E-state index contributed by atoms with van der Waals surface area (Å²) in [4.78, 5) is 17.4. The molecule has 27 heavy (non-hydrogen) atoms. The highest BCUT2D eigenvalue weighted by molar-refractivity contribution is 6.00. The van der Waals surface area contributed by atoms with Crippen molar-refractivity contribution in [2.75, 3.05) is 0 Å². The Morgan fingerprint density at radius 3 is 2.74 bits per heavy atom. The molecular weight excluding hydrogens is 338 g/mol. The van der Waals surface area contributed by atoms with Crippen molar-refractivity contribution in [2.45, 2.75) is 26.8 Å². The van der Waals surface area contributed by atoms with Crippen LogP contribution in [0.5, 0.6) is 0 Å². The van der Waals surface area contributed by atoms with Crippen molar-refractivity contribution in [3.8, 4) is 5.69 Å². The van der Waals surface area contributed by atoms with Crippen LogP contribution in [0.1, 0.15) is 40.3 Å². The summed E-state index contributed by atoms with van der Waals surface area (Å²) >= 11 is 0. The topological polar surface area (TPSA) is 64.2 Å². The lowest BCUT2D eigenvalue weighted by molar-refractivity contribution is 0.0941. The summed E-state index contributed by atoms with van der Waals surface area (Å²) in [6, 6.07) is 13.5. The smallest absolute Gasteiger partial charge is 0.255 e. The van der Waals surface area contributed by atoms with Crippen molar-refractivity contribution >= 4 is 11.6 Å². The van der Waals surface area contributed by atoms with E-state index in [0.717, 1.165) is 22.6 Å². The summed E-state index contributed by atoms with van der Waals surface area (Å²) in [5.41, 5.74) is 5.18. The van der Waals surface area contributed by atoms with Crippen LogP contribution in [0.4, 0.5) is 0 Å². The Morgan fingerprint density at radius 1 is 1.11 bits per heavy atom. The molecule has 0 saturated carbocycles. The molecule has 1 amide bonds. The van der Waals surface area contributed by atoms with Gasteiger partial charge in [0.2, 0.25) is 0 Å². The van der Waals surface area contributed by atoms with Crippen LogP contribution in [0.15, 0.2) is 61.1 Å². The number of nitrogens with zero attached hydrogens (tertiary/aromatic N) is 4. The molecule has 136 valence electrons. The van der Waals surface area contributed by atoms with Gasteiger partial charge in [-0.05, 0) is 56.7 Å². The van der Waals surface area contributed by atoms with Gasteiger partial charge in [0.15, 0.2) is 0 Å². The van der Waals surface area contributed by atoms with Crippen molar-refractivity contribution in [1.29, 1.82) is 0 Å². The number of benzene rings is 1. The summed E-state index contributed by atoms with van der Waals surface area (Å²) in [6.07, 6.45) is 5.52. The van der Waals surface area contributed by atoms with Gasteiger partial charge in [0, 0.05) is 30.0 Å². The molecule has 0 bridgehead atoms. The zero-order chi connectivity index (χ0) is 19.0. The maximum Gasteiger partial charge on any atom is 0.255 e. The van der Waals surface area contributed by atoms with Crippen LogP contribution in [-0.2, 0) is 0 Å². The van der Waals surface area contributed by atoms with Gasteiger partial charge in [-0.25, -0.2) is 9.67 Å². The van der Waals surface area contributed by atoms with Gasteiger partial charge >= 0.3 is 0 Å². The van der Waals surface area contributed by atoms with Crippen molar-refractivity contribution in [1.82, 2.24) is 24.5 Å². The molecule has 0 saturated heterocycles. The van der Waals surface area contributed by atoms with Crippen molar-refractivity contribution in [3.63, 3.8) is 0 Å². The molecule has 3 heterocycles. The monoisotopic (exact) mass is 359 g/mol. The highest BCUT2D eigenvalue weighted by atomic mass is 16.1. The number of hydrogen-bond acceptors (Lipinski definition) is 3. The fraction of sp³-hybridized carbons (Fsp3) is 0.190. The SMILES string of the molecule is Cc1cc(C)n2ccc(C(=O)NC(C)c3cccc(-n4cccn4)c3)c2n1. The highest BCUT2D eigenvalue weighted by Gasteiger charge is 2.17. The third kappa shape index (κ3) is 3.21. The fourth-order valence-electron chi connectivity index (χ4n) is 3.29. The van der Waals surface area contributed by atoms with Crippen LogP contribution in [-0.4, -0.2) is 25.1 Å². The molecule has 0 aliphatic heterocycles. The predicted octanol–water partition coefficient (Wildman–Crippen LogP) is 3.63. The third-order valence-electron chi connectivity index (χ3n) is 4.67. The number of hydrogen-bond donors (Lipinski definition) is 1. The lowest BCUT2D eigenvalue weighted by atomic mass is 10.1. The van der Waals surface area contributed by atoms with E-state index in [-0.39, 0.29) is 11.9 Å². The van der Waals surface area contributed by atoms with Gasteiger partial charge < -0.3 is 9.72 Å². The molecule has 6 heteroatoms. The Labute approximate surface area is 157 Å². The van der Waals surface area contributed by atoms with E-state index < -0.39 is 0 Å². The van der Waals surface area contributed by atoms with Crippen LogP contribution < -0.4 is 5.32 Å². The molecule has 0 radical (unpaired) electrons. The van der Waals surface area contributed by atoms with E-state index in [1.54, 1.807) is 10.9 Å². The minimum atomic E-state index is -0.145. The molecule has 4 rings (SSSR count). The largest absolute Gasteiger partial charge is 0.345 e. The predicted molar refractivity (Wildman–Crippen MR) is 104 cm³/mol. The fourth-order valence-corrected chi connectivity index (χ4v) is 3.29. The Morgan fingerprint density at radius 2 is 1.96 bits per heavy atom. The van der Waals surface area contributed by atoms with Gasteiger partial charge in [0.25, 0.3) is 5.91 Å². The van der Waals surface area contributed by atoms with E-state index in [1.807, 2.05) is 80.0 Å². The minimum Gasteiger partial charge on any atom is -0.345 e. The average molecular weight is 359 g/mol. The molecule has 4 aromatic rings. The minimum absolute atomic E-state index is 0.132. The van der Waals surface area contributed by atoms with Crippen LogP contribution in [0.3, 0.4) is 0 Å². The Kier molecular flexibility index (Phi) is 4.24. The summed E-state index contributed by atoms with van der Waals surface area (Å²) in [6.45, 7) is 5.92. The molecule has 6 nitrogen and oxygen atoms in total. The average Bonchev–Trinajstić information content (AvgIpc) is 3.31. The second-order valence-corrected chi connectivity index (χ2v) is 6.70. The highest BCUT2D eigenvalue weighted by Crippen LogP contribution is 2.19. The second-order valence-electron chi connectivity index (χ2n) is 6.70. The number of nitrogens with one attached hydrogen (secondary N) is 1. The zero-order valence-electron chi connectivity index (χ0n) is 15.5. The van der Waals surface area contributed by atoms with Gasteiger partial charge in [-0.15, -0.1) is 0 Å². The normalized spacial score (nSPS) is 12.3. The van der Waals surface area contributed by atoms with Crippen LogP contribution in [0, 0.1) is 13.8 Å². The standard InChI is InChI=1S/C21H21N5O/c1-14-12-15(2)25-11-8-19(20(25)23-14)21(27)24-16(3)17-6-4-7-18(13-17)26-10-5-9-22-26/h4-13,16H,1-3H3,(H,24,27). The molecule has 0 aliphatic carbocycles. The number of carbonyl (C=O) groups is 1. The molecule has 0 fully saturated rings. The first-order valence-electron chi connectivity index (χ1n) is 8.89. The molecule has 1 unspecified atom stereocenters. The number of aromatic nitrogens is 4. The van der Waals surface area contributed by atoms with Crippen molar-refractivity contribution in [3.05, 3.63) is 83.6 Å². The first kappa shape index (κ1) is 17.0. The maximum atomic E-state index is 12.9. The van der Waals surface area contributed by atoms with Crippen LogP contribution >= 0.6 is 0 Å². The second kappa shape index (κ2) is 6.72. The van der Waals surface area contributed by atoms with E-state index in [0.29, 0.717) is 11.2 Å². The summed E-state index contributed by atoms with van der Waals surface area (Å²) < 4.78 is 3.74. The van der Waals surface area contributed by atoms with Crippen LogP contribution in [0.2, 0.25) is 0 Å². The van der Waals surface area contributed by atoms with E-state index in [9.17, 15) is 4.79 Å². The molecule has 1 atom stereocenters. The van der Waals surface area contributed by atoms with Crippen LogP contribution in [0.25, 0.3) is 11.3 Å². The lowest BCUT2D eigenvalue weighted by Crippen LogP contribution is -2.26. The Bertz CT molecular complexity index is 1110. The number of fused-ring (bicyclic) bond motifs is 1. The van der Waals surface area contributed by atoms with Gasteiger partial charge in [-0.3, -0.25) is 4.79 Å². The molecule has 1 aromatic carbocycles. The molecule has 3 aromatic heterocycles. The summed E-state index contributed by atoms with van der Waals surface area (Å²) in [7, 11) is 0. The number of rotatable bonds is 4. The van der Waals surface area contributed by atoms with Crippen molar-refractivity contribution < 1.29 is 4.79 Å². The maximum absolute atomic E-state index is 12.9. The molecule has 0 spiro atoms. The number of carbonyl (C=O) groups excluding carboxylic acids is 1. The molecular formula is C21H21N5O. The van der Waals surface area contributed by atoms with Gasteiger partial charge in [0.1, 0.15) is 5.65 Å². The Hall–Kier alpha value is -3.41. The third-order valence-corrected chi connectivity index (χ3v) is 4.67. The van der Waals surface area contributed by atoms with Gasteiger partial charge in [-0.1, -0.05) is 12.1 Å². The van der Waals surface area contributed by atoms with E-state index >= 15 is 0 Å².